The van der Waals surface area contributed by atoms with Crippen LogP contribution in [0.25, 0.3) is 5.57 Å². The first-order chi connectivity index (χ1) is 9.61. The Hall–Kier alpha value is -1.03. The Kier molecular flexibility index (Phi) is 5.08. The second kappa shape index (κ2) is 6.61. The summed E-state index contributed by atoms with van der Waals surface area (Å²) < 4.78 is 2.49. The number of aliphatic hydroxyl groups is 1. The monoisotopic (exact) mass is 291 g/mol. The molecular weight excluding hydrogens is 266 g/mol. The average Bonchev–Trinajstić information content (AvgIpc) is 2.85. The third-order valence-corrected chi connectivity index (χ3v) is 7.38. The molecule has 0 aromatic heterocycles. The molecule has 1 aromatic carbocycles. The summed E-state index contributed by atoms with van der Waals surface area (Å²) in [6.07, 6.45) is 1.95. The summed E-state index contributed by atoms with van der Waals surface area (Å²) in [6.45, 7) is 8.31. The molecule has 3 heteroatoms. The fraction of sp³-hybridized carbons (Fsp3) is 0.412. The highest BCUT2D eigenvalue weighted by Crippen LogP contribution is 2.59. The van der Waals surface area contributed by atoms with Crippen LogP contribution >= 0.6 is 10.2 Å². The summed E-state index contributed by atoms with van der Waals surface area (Å²) in [5, 5.41) is 14.6. The zero-order chi connectivity index (χ0) is 14.6. The molecule has 2 rings (SSSR count). The van der Waals surface area contributed by atoms with Crippen LogP contribution in [-0.4, -0.2) is 34.4 Å². The number of allylic oxidation sites excluding steroid dienone is 2. The number of rotatable bonds is 6. The van der Waals surface area contributed by atoms with Crippen LogP contribution in [0, 0.1) is 0 Å². The van der Waals surface area contributed by atoms with Crippen molar-refractivity contribution < 1.29 is 5.11 Å². The van der Waals surface area contributed by atoms with Gasteiger partial charge in [0.1, 0.15) is 0 Å². The maximum Gasteiger partial charge on any atom is 0.0605 e. The van der Waals surface area contributed by atoms with Gasteiger partial charge in [-0.2, -0.15) is 0 Å². The lowest BCUT2D eigenvalue weighted by atomic mass is 10.1. The lowest BCUT2D eigenvalue weighted by Crippen LogP contribution is -2.29. The molecule has 1 N–H and O–H groups in total. The van der Waals surface area contributed by atoms with Crippen molar-refractivity contribution in [3.8, 4) is 0 Å². The lowest BCUT2D eigenvalue weighted by Gasteiger charge is -2.43. The van der Waals surface area contributed by atoms with Gasteiger partial charge in [-0.25, -0.2) is 0 Å². The molecule has 20 heavy (non-hydrogen) atoms. The minimum Gasteiger partial charge on any atom is -0.393 e. The van der Waals surface area contributed by atoms with Gasteiger partial charge in [0.15, 0.2) is 0 Å². The zero-order valence-electron chi connectivity index (χ0n) is 12.6. The summed E-state index contributed by atoms with van der Waals surface area (Å²) in [6, 6.07) is 10.5. The molecule has 1 aliphatic heterocycles. The predicted octanol–water partition coefficient (Wildman–Crippen LogP) is 4.00. The quantitative estimate of drug-likeness (QED) is 0.856. The van der Waals surface area contributed by atoms with Crippen molar-refractivity contribution in [1.82, 2.24) is 4.31 Å². The molecule has 0 amide bonds. The van der Waals surface area contributed by atoms with Crippen molar-refractivity contribution >= 4 is 15.8 Å². The minimum atomic E-state index is -1.16. The fourth-order valence-electron chi connectivity index (χ4n) is 2.74. The van der Waals surface area contributed by atoms with Crippen molar-refractivity contribution in [3.63, 3.8) is 0 Å². The third-order valence-electron chi connectivity index (χ3n) is 3.62. The van der Waals surface area contributed by atoms with Crippen molar-refractivity contribution in [1.29, 1.82) is 0 Å². The highest BCUT2D eigenvalue weighted by atomic mass is 32.3. The molecule has 0 saturated heterocycles. The summed E-state index contributed by atoms with van der Waals surface area (Å²) in [4.78, 5) is 0. The van der Waals surface area contributed by atoms with Gasteiger partial charge >= 0.3 is 0 Å². The largest absolute Gasteiger partial charge is 0.393 e. The number of hydrogen-bond acceptors (Lipinski definition) is 2. The van der Waals surface area contributed by atoms with Crippen molar-refractivity contribution in [2.75, 3.05) is 18.8 Å². The molecule has 2 unspecified atom stereocenters. The summed E-state index contributed by atoms with van der Waals surface area (Å²) in [5.41, 5.74) is 2.55. The first-order valence-corrected chi connectivity index (χ1v) is 9.19. The van der Waals surface area contributed by atoms with Crippen molar-refractivity contribution in [3.05, 3.63) is 52.8 Å². The van der Waals surface area contributed by atoms with E-state index < -0.39 is 10.2 Å². The summed E-state index contributed by atoms with van der Waals surface area (Å²) in [7, 11) is -1.16. The van der Waals surface area contributed by atoms with E-state index in [1.165, 1.54) is 11.1 Å². The molecule has 0 spiro atoms. The van der Waals surface area contributed by atoms with Gasteiger partial charge in [0.2, 0.25) is 0 Å². The van der Waals surface area contributed by atoms with Crippen LogP contribution in [0.3, 0.4) is 0 Å². The molecule has 0 radical (unpaired) electrons. The lowest BCUT2D eigenvalue weighted by molar-refractivity contribution is 0.218. The minimum absolute atomic E-state index is 0.276. The van der Waals surface area contributed by atoms with Gasteiger partial charge in [0.25, 0.3) is 0 Å². The molecule has 110 valence electrons. The molecule has 2 atom stereocenters. The Morgan fingerprint density at radius 3 is 2.35 bits per heavy atom. The van der Waals surface area contributed by atoms with Gasteiger partial charge in [-0.1, -0.05) is 44.2 Å². The van der Waals surface area contributed by atoms with E-state index in [-0.39, 0.29) is 6.10 Å². The second-order valence-electron chi connectivity index (χ2n) is 5.18. The molecule has 1 heterocycles. The zero-order valence-corrected chi connectivity index (χ0v) is 13.4. The maximum absolute atomic E-state index is 9.91. The SMILES string of the molecule is CCN(CC)S1(CC(C)O)C=CC(c2ccccc2)=C1. The van der Waals surface area contributed by atoms with Crippen LogP contribution in [-0.2, 0) is 0 Å². The molecule has 1 aliphatic rings. The van der Waals surface area contributed by atoms with E-state index in [4.69, 9.17) is 0 Å². The number of nitrogens with zero attached hydrogens (tertiary/aromatic N) is 1. The number of aliphatic hydroxyl groups excluding tert-OH is 1. The van der Waals surface area contributed by atoms with Gasteiger partial charge in [0.05, 0.1) is 6.10 Å². The van der Waals surface area contributed by atoms with Crippen LogP contribution in [0.15, 0.2) is 47.2 Å². The van der Waals surface area contributed by atoms with E-state index in [9.17, 15) is 5.11 Å². The molecule has 0 bridgehead atoms. The van der Waals surface area contributed by atoms with E-state index in [1.54, 1.807) is 0 Å². The standard InChI is InChI=1S/C17H25NOS/c1-4-18(5-2)20(13-15(3)19)12-11-17(14-20)16-9-7-6-8-10-16/h6-12,14-15,19H,4-5,13H2,1-3H3. The molecule has 0 saturated carbocycles. The normalized spacial score (nSPS) is 26.4. The second-order valence-corrected chi connectivity index (χ2v) is 8.16. The maximum atomic E-state index is 9.91. The molecule has 0 fully saturated rings. The highest BCUT2D eigenvalue weighted by Gasteiger charge is 2.30. The van der Waals surface area contributed by atoms with E-state index in [0.717, 1.165) is 18.8 Å². The predicted molar refractivity (Wildman–Crippen MR) is 90.6 cm³/mol. The Labute approximate surface area is 124 Å². The number of benzene rings is 1. The molecule has 2 nitrogen and oxygen atoms in total. The Bertz CT molecular complexity index is 491. The van der Waals surface area contributed by atoms with Crippen LogP contribution in [0.4, 0.5) is 0 Å². The van der Waals surface area contributed by atoms with E-state index in [1.807, 2.05) is 13.0 Å². The van der Waals surface area contributed by atoms with Crippen LogP contribution < -0.4 is 0 Å². The summed E-state index contributed by atoms with van der Waals surface area (Å²) in [5.74, 6) is 0.821. The van der Waals surface area contributed by atoms with Gasteiger partial charge in [0, 0.05) is 18.8 Å². The van der Waals surface area contributed by atoms with Crippen LogP contribution in [0.2, 0.25) is 0 Å². The summed E-state index contributed by atoms with van der Waals surface area (Å²) >= 11 is 0. The van der Waals surface area contributed by atoms with E-state index in [2.05, 4.69) is 59.3 Å². The van der Waals surface area contributed by atoms with Gasteiger partial charge in [-0.3, -0.25) is 4.31 Å². The molecular formula is C17H25NOS. The first-order valence-electron chi connectivity index (χ1n) is 7.30. The fourth-order valence-corrected chi connectivity index (χ4v) is 6.33. The molecule has 0 aliphatic carbocycles. The van der Waals surface area contributed by atoms with E-state index in [0.29, 0.717) is 0 Å². The Morgan fingerprint density at radius 1 is 1.15 bits per heavy atom. The van der Waals surface area contributed by atoms with Gasteiger partial charge in [-0.15, -0.1) is 10.2 Å². The van der Waals surface area contributed by atoms with Gasteiger partial charge in [-0.05, 0) is 35.0 Å². The van der Waals surface area contributed by atoms with Crippen LogP contribution in [0.5, 0.6) is 0 Å². The number of hydrogen-bond donors (Lipinski definition) is 1. The molecule has 1 aromatic rings. The van der Waals surface area contributed by atoms with Crippen LogP contribution in [0.1, 0.15) is 26.3 Å². The van der Waals surface area contributed by atoms with Gasteiger partial charge < -0.3 is 5.11 Å². The third kappa shape index (κ3) is 3.17. The first kappa shape index (κ1) is 15.4. The Morgan fingerprint density at radius 2 is 1.80 bits per heavy atom. The average molecular weight is 291 g/mol. The van der Waals surface area contributed by atoms with Crippen molar-refractivity contribution in [2.45, 2.75) is 26.9 Å². The van der Waals surface area contributed by atoms with E-state index >= 15 is 0 Å². The smallest absolute Gasteiger partial charge is 0.0605 e. The highest BCUT2D eigenvalue weighted by molar-refractivity contribution is 8.36. The van der Waals surface area contributed by atoms with Crippen molar-refractivity contribution in [2.24, 2.45) is 0 Å². The topological polar surface area (TPSA) is 23.5 Å². The Balaban J connectivity index is 2.36.